The van der Waals surface area contributed by atoms with Crippen LogP contribution in [0.5, 0.6) is 0 Å². The number of amidine groups is 1. The molecule has 0 saturated carbocycles. The molecule has 0 fully saturated rings. The summed E-state index contributed by atoms with van der Waals surface area (Å²) in [4.78, 5) is 14.9. The number of nitrogens with one attached hydrogen (secondary N) is 1. The van der Waals surface area contributed by atoms with Gasteiger partial charge in [-0.25, -0.2) is 4.98 Å². The normalized spacial score (nSPS) is 15.5. The Kier molecular flexibility index (Phi) is 4.81. The molecule has 0 radical (unpaired) electrons. The number of fused-ring (bicyclic) bond motifs is 4. The first kappa shape index (κ1) is 20.5. The first-order valence-corrected chi connectivity index (χ1v) is 12.1. The van der Waals surface area contributed by atoms with Crippen molar-refractivity contribution in [3.8, 4) is 0 Å². The largest absolute Gasteiger partial charge is 0.340 e. The Morgan fingerprint density at radius 1 is 0.639 bits per heavy atom. The van der Waals surface area contributed by atoms with E-state index in [0.717, 1.165) is 60.9 Å². The molecule has 6 aromatic rings. The van der Waals surface area contributed by atoms with E-state index in [2.05, 4.69) is 84.2 Å². The summed E-state index contributed by atoms with van der Waals surface area (Å²) in [5.41, 5.74) is 7.11. The van der Waals surface area contributed by atoms with E-state index in [9.17, 15) is 0 Å². The zero-order valence-corrected chi connectivity index (χ0v) is 19.5. The van der Waals surface area contributed by atoms with E-state index in [1.165, 1.54) is 0 Å². The van der Waals surface area contributed by atoms with Gasteiger partial charge in [-0.3, -0.25) is 9.98 Å². The number of nitrogens with zero attached hydrogens (tertiary/aromatic N) is 3. The Labute approximate surface area is 208 Å². The molecular formula is C32H22N4. The maximum Gasteiger partial charge on any atom is 0.133 e. The lowest BCUT2D eigenvalue weighted by molar-refractivity contribution is 0.881. The van der Waals surface area contributed by atoms with E-state index in [0.29, 0.717) is 0 Å². The maximum absolute atomic E-state index is 5.11. The van der Waals surface area contributed by atoms with Crippen LogP contribution in [0.4, 0.5) is 0 Å². The predicted octanol–water partition coefficient (Wildman–Crippen LogP) is 7.07. The fourth-order valence-electron chi connectivity index (χ4n) is 5.03. The van der Waals surface area contributed by atoms with Crippen molar-refractivity contribution in [1.82, 2.24) is 15.3 Å². The lowest BCUT2D eigenvalue weighted by Gasteiger charge is -2.25. The molecule has 3 heterocycles. The van der Waals surface area contributed by atoms with E-state index in [1.54, 1.807) is 0 Å². The summed E-state index contributed by atoms with van der Waals surface area (Å²) in [5.74, 6) is 0.856. The molecule has 170 valence electrons. The van der Waals surface area contributed by atoms with Crippen LogP contribution in [0.15, 0.2) is 126 Å². The van der Waals surface area contributed by atoms with Gasteiger partial charge in [-0.2, -0.15) is 0 Å². The van der Waals surface area contributed by atoms with Crippen molar-refractivity contribution in [2.24, 2.45) is 4.99 Å². The van der Waals surface area contributed by atoms with Gasteiger partial charge < -0.3 is 5.32 Å². The molecule has 0 spiro atoms. The molecule has 1 atom stereocenters. The molecule has 4 aromatic carbocycles. The molecule has 0 aliphatic carbocycles. The molecule has 0 saturated heterocycles. The van der Waals surface area contributed by atoms with Crippen LogP contribution in [0.1, 0.15) is 22.7 Å². The number of rotatable bonds is 3. The van der Waals surface area contributed by atoms with Crippen molar-refractivity contribution >= 4 is 44.2 Å². The molecule has 36 heavy (non-hydrogen) atoms. The Morgan fingerprint density at radius 3 is 2.28 bits per heavy atom. The molecule has 0 amide bonds. The molecule has 1 aliphatic heterocycles. The third-order valence-electron chi connectivity index (χ3n) is 6.73. The fourth-order valence-corrected chi connectivity index (χ4v) is 5.03. The summed E-state index contributed by atoms with van der Waals surface area (Å²) in [6.45, 7) is 0. The first-order valence-electron chi connectivity index (χ1n) is 12.1. The summed E-state index contributed by atoms with van der Waals surface area (Å²) < 4.78 is 0. The van der Waals surface area contributed by atoms with Crippen LogP contribution < -0.4 is 5.32 Å². The van der Waals surface area contributed by atoms with Gasteiger partial charge in [-0.15, -0.1) is 0 Å². The van der Waals surface area contributed by atoms with Gasteiger partial charge in [0.05, 0.1) is 22.6 Å². The number of benzene rings is 4. The van der Waals surface area contributed by atoms with Crippen molar-refractivity contribution in [2.75, 3.05) is 0 Å². The van der Waals surface area contributed by atoms with Crippen LogP contribution >= 0.6 is 0 Å². The highest BCUT2D eigenvalue weighted by molar-refractivity contribution is 6.15. The Balaban J connectivity index is 1.52. The van der Waals surface area contributed by atoms with Gasteiger partial charge in [-0.1, -0.05) is 97.1 Å². The highest BCUT2D eigenvalue weighted by Gasteiger charge is 2.23. The minimum absolute atomic E-state index is 0.113. The van der Waals surface area contributed by atoms with Crippen LogP contribution in [0.2, 0.25) is 0 Å². The number of pyridine rings is 2. The maximum atomic E-state index is 5.11. The van der Waals surface area contributed by atoms with E-state index in [4.69, 9.17) is 15.0 Å². The molecule has 1 N–H and O–H groups in total. The highest BCUT2D eigenvalue weighted by atomic mass is 15.0. The summed E-state index contributed by atoms with van der Waals surface area (Å²) in [6, 6.07) is 37.3. The van der Waals surface area contributed by atoms with Crippen molar-refractivity contribution in [2.45, 2.75) is 6.04 Å². The molecule has 1 aliphatic rings. The van der Waals surface area contributed by atoms with Crippen LogP contribution in [-0.4, -0.2) is 15.8 Å². The van der Waals surface area contributed by atoms with Gasteiger partial charge in [-0.05, 0) is 23.8 Å². The summed E-state index contributed by atoms with van der Waals surface area (Å²) in [7, 11) is 0. The summed E-state index contributed by atoms with van der Waals surface area (Å²) in [6.07, 6.45) is 4.06. The number of aliphatic imine (C=N–C) groups is 1. The van der Waals surface area contributed by atoms with Gasteiger partial charge in [0, 0.05) is 39.2 Å². The number of para-hydroxylation sites is 1. The van der Waals surface area contributed by atoms with Crippen LogP contribution in [0.25, 0.3) is 38.4 Å². The number of hydrogen-bond donors (Lipinski definition) is 1. The van der Waals surface area contributed by atoms with Gasteiger partial charge in [0.25, 0.3) is 0 Å². The van der Waals surface area contributed by atoms with E-state index < -0.39 is 0 Å². The number of aromatic nitrogens is 2. The fraction of sp³-hybridized carbons (Fsp3) is 0.0312. The average molecular weight is 463 g/mol. The number of hydrogen-bond acceptors (Lipinski definition) is 4. The van der Waals surface area contributed by atoms with E-state index >= 15 is 0 Å². The van der Waals surface area contributed by atoms with Crippen LogP contribution in [-0.2, 0) is 0 Å². The quantitative estimate of drug-likeness (QED) is 0.226. The smallest absolute Gasteiger partial charge is 0.133 e. The molecule has 4 heteroatoms. The second kappa shape index (κ2) is 8.43. The van der Waals surface area contributed by atoms with E-state index in [1.807, 2.05) is 42.6 Å². The Bertz CT molecular complexity index is 1800. The summed E-state index contributed by atoms with van der Waals surface area (Å²) in [5, 5.41) is 6.93. The summed E-state index contributed by atoms with van der Waals surface area (Å²) >= 11 is 0. The van der Waals surface area contributed by atoms with Gasteiger partial charge in [0.2, 0.25) is 0 Å². The monoisotopic (exact) mass is 462 g/mol. The van der Waals surface area contributed by atoms with Gasteiger partial charge >= 0.3 is 0 Å². The van der Waals surface area contributed by atoms with Crippen molar-refractivity contribution in [1.29, 1.82) is 0 Å². The average Bonchev–Trinajstić information content (AvgIpc) is 2.96. The minimum atomic E-state index is -0.113. The zero-order chi connectivity index (χ0) is 23.9. The second-order valence-corrected chi connectivity index (χ2v) is 8.95. The molecule has 1 unspecified atom stereocenters. The molecule has 7 rings (SSSR count). The lowest BCUT2D eigenvalue weighted by Crippen LogP contribution is -2.28. The van der Waals surface area contributed by atoms with Gasteiger partial charge in [0.1, 0.15) is 5.84 Å². The topological polar surface area (TPSA) is 50.2 Å². The first-order chi connectivity index (χ1) is 17.8. The third kappa shape index (κ3) is 3.43. The lowest BCUT2D eigenvalue weighted by atomic mass is 9.95. The van der Waals surface area contributed by atoms with Crippen molar-refractivity contribution in [3.05, 3.63) is 138 Å². The highest BCUT2D eigenvalue weighted by Crippen LogP contribution is 2.36. The van der Waals surface area contributed by atoms with Gasteiger partial charge in [0.15, 0.2) is 0 Å². The molecule has 4 nitrogen and oxygen atoms in total. The predicted molar refractivity (Wildman–Crippen MR) is 148 cm³/mol. The van der Waals surface area contributed by atoms with Crippen molar-refractivity contribution < 1.29 is 0 Å². The molecule has 0 bridgehead atoms. The zero-order valence-electron chi connectivity index (χ0n) is 19.5. The Hall–Kier alpha value is -4.83. The SMILES string of the molecule is C1=C(c2c3ccccc3nc3c2ccc2cccnc23)NC(c2ccccc2)=NC1c1ccccc1. The minimum Gasteiger partial charge on any atom is -0.340 e. The molecular weight excluding hydrogens is 440 g/mol. The van der Waals surface area contributed by atoms with Crippen LogP contribution in [0, 0.1) is 0 Å². The van der Waals surface area contributed by atoms with E-state index in [-0.39, 0.29) is 6.04 Å². The van der Waals surface area contributed by atoms with Crippen molar-refractivity contribution in [3.63, 3.8) is 0 Å². The second-order valence-electron chi connectivity index (χ2n) is 8.95. The standard InChI is InChI=1S/C32H22N4/c1-3-10-21(11-4-1)27-20-28(36-32(35-27)23-12-5-2-6-13-23)29-24-15-7-8-16-26(24)34-31-25(29)18-17-22-14-9-19-33-30(22)31/h1-20,27H,(H,35,36). The third-order valence-corrected chi connectivity index (χ3v) is 6.73. The Morgan fingerprint density at radius 2 is 1.42 bits per heavy atom. The van der Waals surface area contributed by atoms with Crippen LogP contribution in [0.3, 0.4) is 0 Å². The molecule has 2 aromatic heterocycles.